The first-order valence-corrected chi connectivity index (χ1v) is 8.04. The first kappa shape index (κ1) is 20.3. The molecule has 134 valence electrons. The number of nitrogens with one attached hydrogen (secondary N) is 4. The minimum absolute atomic E-state index is 0. The largest absolute Gasteiger partial charge is 0.350 e. The van der Waals surface area contributed by atoms with Crippen molar-refractivity contribution in [2.45, 2.75) is 38.8 Å². The maximum atomic E-state index is 12.5. The maximum Gasteiger partial charge on any atom is 0.320 e. The van der Waals surface area contributed by atoms with E-state index in [0.29, 0.717) is 11.6 Å². The Bertz CT molecular complexity index is 551. The van der Waals surface area contributed by atoms with E-state index in [1.165, 1.54) is 0 Å². The van der Waals surface area contributed by atoms with E-state index in [9.17, 15) is 9.59 Å². The lowest BCUT2D eigenvalue weighted by Gasteiger charge is -2.33. The van der Waals surface area contributed by atoms with Gasteiger partial charge in [-0.05, 0) is 44.9 Å². The molecule has 1 saturated heterocycles. The summed E-state index contributed by atoms with van der Waals surface area (Å²) >= 11 is 0. The third kappa shape index (κ3) is 5.69. The minimum Gasteiger partial charge on any atom is -0.350 e. The highest BCUT2D eigenvalue weighted by Crippen LogP contribution is 2.13. The molecule has 6 nitrogen and oxygen atoms in total. The molecule has 0 aliphatic carbocycles. The van der Waals surface area contributed by atoms with Gasteiger partial charge in [0.1, 0.15) is 5.54 Å². The van der Waals surface area contributed by atoms with Crippen molar-refractivity contribution >= 4 is 30.0 Å². The summed E-state index contributed by atoms with van der Waals surface area (Å²) in [5.74, 6) is 0.246. The molecule has 24 heavy (non-hydrogen) atoms. The zero-order valence-electron chi connectivity index (χ0n) is 14.4. The summed E-state index contributed by atoms with van der Waals surface area (Å²) in [6.07, 6.45) is 1.04. The van der Waals surface area contributed by atoms with Gasteiger partial charge in [0.05, 0.1) is 0 Å². The third-order valence-electron chi connectivity index (χ3n) is 4.17. The SMILES string of the molecule is CC1CCNCC1NC(=O)C(C)(C)NC(=O)Nc1ccccc1.Cl. The molecule has 0 aromatic heterocycles. The fourth-order valence-electron chi connectivity index (χ4n) is 2.56. The van der Waals surface area contributed by atoms with Crippen molar-refractivity contribution in [1.82, 2.24) is 16.0 Å². The summed E-state index contributed by atoms with van der Waals surface area (Å²) in [7, 11) is 0. The first-order valence-electron chi connectivity index (χ1n) is 8.04. The van der Waals surface area contributed by atoms with Gasteiger partial charge in [-0.25, -0.2) is 4.79 Å². The number of rotatable bonds is 4. The molecule has 1 heterocycles. The van der Waals surface area contributed by atoms with Gasteiger partial charge in [-0.1, -0.05) is 25.1 Å². The Morgan fingerprint density at radius 1 is 1.21 bits per heavy atom. The molecule has 1 fully saturated rings. The van der Waals surface area contributed by atoms with E-state index in [-0.39, 0.29) is 24.4 Å². The lowest BCUT2D eigenvalue weighted by atomic mass is 9.93. The molecule has 0 bridgehead atoms. The molecule has 1 aliphatic rings. The summed E-state index contributed by atoms with van der Waals surface area (Å²) in [6, 6.07) is 8.83. The van der Waals surface area contributed by atoms with Gasteiger partial charge in [0, 0.05) is 18.3 Å². The Kier molecular flexibility index (Phi) is 7.51. The van der Waals surface area contributed by atoms with E-state index in [1.54, 1.807) is 26.0 Å². The highest BCUT2D eigenvalue weighted by Gasteiger charge is 2.33. The molecule has 1 aromatic rings. The molecule has 7 heteroatoms. The molecule has 0 saturated carbocycles. The normalized spacial score (nSPS) is 20.5. The fraction of sp³-hybridized carbons (Fsp3) is 0.529. The zero-order valence-corrected chi connectivity index (χ0v) is 15.2. The van der Waals surface area contributed by atoms with Crippen molar-refractivity contribution in [2.24, 2.45) is 5.92 Å². The van der Waals surface area contributed by atoms with Crippen LogP contribution < -0.4 is 21.3 Å². The number of benzene rings is 1. The van der Waals surface area contributed by atoms with E-state index in [2.05, 4.69) is 28.2 Å². The number of halogens is 1. The number of piperidine rings is 1. The number of hydrogen-bond donors (Lipinski definition) is 4. The number of carbonyl (C=O) groups is 2. The van der Waals surface area contributed by atoms with E-state index in [1.807, 2.05) is 18.2 Å². The molecule has 3 amide bonds. The zero-order chi connectivity index (χ0) is 16.9. The predicted octanol–water partition coefficient (Wildman–Crippen LogP) is 2.12. The van der Waals surface area contributed by atoms with Crippen molar-refractivity contribution in [3.63, 3.8) is 0 Å². The second-order valence-electron chi connectivity index (χ2n) is 6.62. The van der Waals surface area contributed by atoms with Crippen molar-refractivity contribution in [3.05, 3.63) is 30.3 Å². The van der Waals surface area contributed by atoms with Gasteiger partial charge < -0.3 is 21.3 Å². The van der Waals surface area contributed by atoms with Gasteiger partial charge in [-0.2, -0.15) is 0 Å². The topological polar surface area (TPSA) is 82.3 Å². The van der Waals surface area contributed by atoms with E-state index >= 15 is 0 Å². The molecule has 2 unspecified atom stereocenters. The average Bonchev–Trinajstić information content (AvgIpc) is 2.49. The number of anilines is 1. The van der Waals surface area contributed by atoms with E-state index in [0.717, 1.165) is 19.5 Å². The summed E-state index contributed by atoms with van der Waals surface area (Å²) in [5, 5.41) is 11.8. The Morgan fingerprint density at radius 2 is 1.88 bits per heavy atom. The van der Waals surface area contributed by atoms with Crippen molar-refractivity contribution in [2.75, 3.05) is 18.4 Å². The standard InChI is InChI=1S/C17H26N4O2.ClH/c1-12-9-10-18-11-14(12)20-15(22)17(2,3)21-16(23)19-13-7-5-4-6-8-13;/h4-8,12,14,18H,9-11H2,1-3H3,(H,20,22)(H2,19,21,23);1H. The molecule has 0 radical (unpaired) electrons. The van der Waals surface area contributed by atoms with E-state index in [4.69, 9.17) is 0 Å². The first-order chi connectivity index (χ1) is 10.9. The van der Waals surface area contributed by atoms with Crippen LogP contribution in [0.1, 0.15) is 27.2 Å². The number of para-hydroxylation sites is 1. The average molecular weight is 355 g/mol. The van der Waals surface area contributed by atoms with Gasteiger partial charge in [0.25, 0.3) is 0 Å². The summed E-state index contributed by atoms with van der Waals surface area (Å²) < 4.78 is 0. The Labute approximate surface area is 149 Å². The van der Waals surface area contributed by atoms with Crippen molar-refractivity contribution in [3.8, 4) is 0 Å². The van der Waals surface area contributed by atoms with Crippen molar-refractivity contribution < 1.29 is 9.59 Å². The van der Waals surface area contributed by atoms with Crippen LogP contribution in [0.25, 0.3) is 0 Å². The molecule has 1 aliphatic heterocycles. The number of carbonyl (C=O) groups excluding carboxylic acids is 2. The lowest BCUT2D eigenvalue weighted by Crippen LogP contribution is -2.60. The number of hydrogen-bond acceptors (Lipinski definition) is 3. The van der Waals surface area contributed by atoms with Gasteiger partial charge in [0.15, 0.2) is 0 Å². The molecular formula is C17H27ClN4O2. The Balaban J connectivity index is 0.00000288. The monoisotopic (exact) mass is 354 g/mol. The molecule has 1 aromatic carbocycles. The van der Waals surface area contributed by atoms with Gasteiger partial charge >= 0.3 is 6.03 Å². The molecule has 2 rings (SSSR count). The molecule has 0 spiro atoms. The van der Waals surface area contributed by atoms with Crippen LogP contribution in [0.3, 0.4) is 0 Å². The molecule has 2 atom stereocenters. The van der Waals surface area contributed by atoms with Crippen LogP contribution in [0.4, 0.5) is 10.5 Å². The Hall–Kier alpha value is -1.79. The lowest BCUT2D eigenvalue weighted by molar-refractivity contribution is -0.127. The summed E-state index contributed by atoms with van der Waals surface area (Å²) in [6.45, 7) is 7.28. The fourth-order valence-corrected chi connectivity index (χ4v) is 2.56. The van der Waals surface area contributed by atoms with Crippen LogP contribution in [-0.4, -0.2) is 36.6 Å². The van der Waals surface area contributed by atoms with Crippen LogP contribution in [-0.2, 0) is 4.79 Å². The smallest absolute Gasteiger partial charge is 0.320 e. The van der Waals surface area contributed by atoms with Crippen LogP contribution in [0, 0.1) is 5.92 Å². The second kappa shape index (κ2) is 8.89. The van der Waals surface area contributed by atoms with E-state index < -0.39 is 11.6 Å². The van der Waals surface area contributed by atoms with Crippen LogP contribution in [0.2, 0.25) is 0 Å². The van der Waals surface area contributed by atoms with Crippen LogP contribution in [0.15, 0.2) is 30.3 Å². The number of urea groups is 1. The number of amides is 3. The predicted molar refractivity (Wildman–Crippen MR) is 98.5 cm³/mol. The van der Waals surface area contributed by atoms with Gasteiger partial charge in [-0.3, -0.25) is 4.79 Å². The summed E-state index contributed by atoms with van der Waals surface area (Å²) in [5.41, 5.74) is -0.304. The maximum absolute atomic E-state index is 12.5. The third-order valence-corrected chi connectivity index (χ3v) is 4.17. The van der Waals surface area contributed by atoms with Gasteiger partial charge in [0.2, 0.25) is 5.91 Å². The summed E-state index contributed by atoms with van der Waals surface area (Å²) in [4.78, 5) is 24.6. The second-order valence-corrected chi connectivity index (χ2v) is 6.62. The van der Waals surface area contributed by atoms with Crippen molar-refractivity contribution in [1.29, 1.82) is 0 Å². The quantitative estimate of drug-likeness (QED) is 0.668. The minimum atomic E-state index is -0.990. The molecular weight excluding hydrogens is 328 g/mol. The van der Waals surface area contributed by atoms with Gasteiger partial charge in [-0.15, -0.1) is 12.4 Å². The highest BCUT2D eigenvalue weighted by atomic mass is 35.5. The molecule has 4 N–H and O–H groups in total. The highest BCUT2D eigenvalue weighted by molar-refractivity contribution is 5.95. The Morgan fingerprint density at radius 3 is 2.50 bits per heavy atom. The van der Waals surface area contributed by atoms with Crippen LogP contribution in [0.5, 0.6) is 0 Å². The van der Waals surface area contributed by atoms with Crippen LogP contribution >= 0.6 is 12.4 Å².